The summed E-state index contributed by atoms with van der Waals surface area (Å²) in [5.74, 6) is 0.699. The van der Waals surface area contributed by atoms with Crippen LogP contribution in [0.15, 0.2) is 36.4 Å². The molecule has 1 unspecified atom stereocenters. The van der Waals surface area contributed by atoms with Crippen molar-refractivity contribution < 1.29 is 14.3 Å². The summed E-state index contributed by atoms with van der Waals surface area (Å²) in [6, 6.07) is 7.13. The summed E-state index contributed by atoms with van der Waals surface area (Å²) >= 11 is 7.05. The normalized spacial score (nSPS) is 18.2. The van der Waals surface area contributed by atoms with Gasteiger partial charge in [-0.15, -0.1) is 0 Å². The fourth-order valence-electron chi connectivity index (χ4n) is 5.89. The molecule has 0 aliphatic carbocycles. The van der Waals surface area contributed by atoms with Crippen LogP contribution in [0.4, 0.5) is 5.95 Å². The van der Waals surface area contributed by atoms with Gasteiger partial charge in [0.05, 0.1) is 17.1 Å². The number of aromatic nitrogens is 3. The van der Waals surface area contributed by atoms with Crippen LogP contribution in [-0.2, 0) is 4.79 Å². The highest BCUT2D eigenvalue weighted by molar-refractivity contribution is 6.36. The summed E-state index contributed by atoms with van der Waals surface area (Å²) in [7, 11) is 0. The molecule has 2 aliphatic heterocycles. The van der Waals surface area contributed by atoms with Crippen LogP contribution in [0.1, 0.15) is 66.8 Å². The van der Waals surface area contributed by atoms with Crippen molar-refractivity contribution >= 4 is 40.4 Å². The Balaban J connectivity index is 1.52. The standard InChI is InChI=1S/C31H39ClN6O3/c1-4-9-27(39)37-15-6-5-10-24(20-37)38-29-25(11-12-26(28(29)32)41-17-16-36-13-7-8-14-36)34-31(38)35-30(40)23-18-21(2)33-22(3)19-23/h4,9,11-12,18-19,24H,5-8,10,13-17,20H2,1-3H3,(H,34,35,40). The molecule has 1 aromatic carbocycles. The maximum atomic E-state index is 13.4. The van der Waals surface area contributed by atoms with E-state index in [9.17, 15) is 9.59 Å². The Morgan fingerprint density at radius 3 is 2.54 bits per heavy atom. The van der Waals surface area contributed by atoms with E-state index in [1.54, 1.807) is 24.3 Å². The Labute approximate surface area is 246 Å². The van der Waals surface area contributed by atoms with E-state index in [1.165, 1.54) is 12.8 Å². The van der Waals surface area contributed by atoms with Gasteiger partial charge in [-0.2, -0.15) is 0 Å². The Morgan fingerprint density at radius 2 is 1.80 bits per heavy atom. The second kappa shape index (κ2) is 13.0. The summed E-state index contributed by atoms with van der Waals surface area (Å²) < 4.78 is 8.17. The lowest BCUT2D eigenvalue weighted by Crippen LogP contribution is -2.34. The van der Waals surface area contributed by atoms with Gasteiger partial charge in [0.2, 0.25) is 11.9 Å². The van der Waals surface area contributed by atoms with Gasteiger partial charge in [-0.25, -0.2) is 4.98 Å². The first-order valence-electron chi connectivity index (χ1n) is 14.6. The van der Waals surface area contributed by atoms with Crippen LogP contribution in [0.25, 0.3) is 11.0 Å². The van der Waals surface area contributed by atoms with Gasteiger partial charge in [0.25, 0.3) is 5.91 Å². The third-order valence-electron chi connectivity index (χ3n) is 7.82. The van der Waals surface area contributed by atoms with Crippen LogP contribution in [0.3, 0.4) is 0 Å². The van der Waals surface area contributed by atoms with E-state index < -0.39 is 0 Å². The number of carbonyl (C=O) groups is 2. The molecule has 2 aromatic heterocycles. The molecule has 2 saturated heterocycles. The molecular weight excluding hydrogens is 540 g/mol. The van der Waals surface area contributed by atoms with E-state index in [4.69, 9.17) is 21.3 Å². The van der Waals surface area contributed by atoms with Crippen LogP contribution >= 0.6 is 11.6 Å². The molecule has 1 N–H and O–H groups in total. The third kappa shape index (κ3) is 6.73. The first-order valence-corrected chi connectivity index (χ1v) is 15.0. The van der Waals surface area contributed by atoms with Crippen molar-refractivity contribution in [1.29, 1.82) is 0 Å². The van der Waals surface area contributed by atoms with Crippen molar-refractivity contribution in [3.05, 3.63) is 58.4 Å². The van der Waals surface area contributed by atoms with Crippen LogP contribution in [-0.4, -0.2) is 75.5 Å². The largest absolute Gasteiger partial charge is 0.491 e. The maximum absolute atomic E-state index is 13.4. The smallest absolute Gasteiger partial charge is 0.258 e. The number of fused-ring (bicyclic) bond motifs is 1. The SMILES string of the molecule is CC=CC(=O)N1CCCCC(n2c(NC(=O)c3cc(C)nc(C)c3)nc3ccc(OCCN4CCCC4)c(Cl)c32)C1. The number of anilines is 1. The molecule has 0 bridgehead atoms. The van der Waals surface area contributed by atoms with Crippen molar-refractivity contribution in [3.63, 3.8) is 0 Å². The Bertz CT molecular complexity index is 1430. The number of benzene rings is 1. The van der Waals surface area contributed by atoms with E-state index in [0.717, 1.165) is 50.3 Å². The summed E-state index contributed by atoms with van der Waals surface area (Å²) in [6.45, 7) is 10.3. The highest BCUT2D eigenvalue weighted by Crippen LogP contribution is 2.38. The fraction of sp³-hybridized carbons (Fsp3) is 0.484. The zero-order valence-corrected chi connectivity index (χ0v) is 24.9. The van der Waals surface area contributed by atoms with E-state index in [-0.39, 0.29) is 17.9 Å². The molecule has 2 aliphatic rings. The summed E-state index contributed by atoms with van der Waals surface area (Å²) in [4.78, 5) is 39.8. The molecule has 0 saturated carbocycles. The summed E-state index contributed by atoms with van der Waals surface area (Å²) in [5, 5.41) is 3.51. The molecule has 3 aromatic rings. The molecule has 0 radical (unpaired) electrons. The molecule has 218 valence electrons. The number of nitrogens with one attached hydrogen (secondary N) is 1. The number of nitrogens with zero attached hydrogens (tertiary/aromatic N) is 5. The lowest BCUT2D eigenvalue weighted by molar-refractivity contribution is -0.126. The lowest BCUT2D eigenvalue weighted by Gasteiger charge is -2.26. The molecule has 10 heteroatoms. The van der Waals surface area contributed by atoms with E-state index >= 15 is 0 Å². The Morgan fingerprint density at radius 1 is 1.07 bits per heavy atom. The zero-order valence-electron chi connectivity index (χ0n) is 24.2. The van der Waals surface area contributed by atoms with E-state index in [2.05, 4.69) is 15.2 Å². The molecular formula is C31H39ClN6O3. The first kappa shape index (κ1) is 29.1. The van der Waals surface area contributed by atoms with Crippen LogP contribution < -0.4 is 10.1 Å². The van der Waals surface area contributed by atoms with Crippen molar-refractivity contribution in [1.82, 2.24) is 24.3 Å². The molecule has 0 spiro atoms. The number of hydrogen-bond donors (Lipinski definition) is 1. The monoisotopic (exact) mass is 578 g/mol. The molecule has 2 amide bonds. The summed E-state index contributed by atoms with van der Waals surface area (Å²) in [5.41, 5.74) is 3.41. The van der Waals surface area contributed by atoms with Gasteiger partial charge in [-0.3, -0.25) is 24.8 Å². The number of aryl methyl sites for hydroxylation is 2. The Kier molecular flexibility index (Phi) is 9.25. The first-order chi connectivity index (χ1) is 19.8. The van der Waals surface area contributed by atoms with Crippen LogP contribution in [0.2, 0.25) is 5.02 Å². The lowest BCUT2D eigenvalue weighted by atomic mass is 10.1. The molecule has 9 nitrogen and oxygen atoms in total. The molecule has 41 heavy (non-hydrogen) atoms. The molecule has 5 rings (SSSR count). The van der Waals surface area contributed by atoms with Gasteiger partial charge in [-0.05, 0) is 96.3 Å². The third-order valence-corrected chi connectivity index (χ3v) is 8.19. The molecule has 1 atom stereocenters. The van der Waals surface area contributed by atoms with Gasteiger partial charge in [0.1, 0.15) is 17.4 Å². The summed E-state index contributed by atoms with van der Waals surface area (Å²) in [6.07, 6.45) is 8.48. The number of ether oxygens (including phenoxy) is 1. The predicted molar refractivity (Wildman–Crippen MR) is 162 cm³/mol. The number of rotatable bonds is 8. The quantitative estimate of drug-likeness (QED) is 0.352. The van der Waals surface area contributed by atoms with Gasteiger partial charge < -0.3 is 14.2 Å². The number of hydrogen-bond acceptors (Lipinski definition) is 6. The number of amides is 2. The molecule has 2 fully saturated rings. The minimum absolute atomic E-state index is 0.0193. The van der Waals surface area contributed by atoms with Gasteiger partial charge in [-0.1, -0.05) is 17.7 Å². The average Bonchev–Trinajstić information content (AvgIpc) is 3.51. The van der Waals surface area contributed by atoms with Gasteiger partial charge >= 0.3 is 0 Å². The minimum Gasteiger partial charge on any atom is -0.491 e. The van der Waals surface area contributed by atoms with Gasteiger partial charge in [0, 0.05) is 36.6 Å². The maximum Gasteiger partial charge on any atom is 0.258 e. The second-order valence-corrected chi connectivity index (χ2v) is 11.4. The van der Waals surface area contributed by atoms with Crippen LogP contribution in [0.5, 0.6) is 5.75 Å². The number of imidazole rings is 1. The molecule has 4 heterocycles. The fourth-order valence-corrected chi connectivity index (χ4v) is 6.20. The van der Waals surface area contributed by atoms with E-state index in [1.807, 2.05) is 42.4 Å². The van der Waals surface area contributed by atoms with E-state index in [0.29, 0.717) is 53.0 Å². The topological polar surface area (TPSA) is 92.6 Å². The van der Waals surface area contributed by atoms with Crippen molar-refractivity contribution in [3.8, 4) is 5.75 Å². The Hall–Kier alpha value is -3.43. The average molecular weight is 579 g/mol. The minimum atomic E-state index is -0.274. The second-order valence-electron chi connectivity index (χ2n) is 11.0. The van der Waals surface area contributed by atoms with Crippen molar-refractivity contribution in [2.24, 2.45) is 0 Å². The number of likely N-dealkylation sites (tertiary alicyclic amines) is 2. The predicted octanol–water partition coefficient (Wildman–Crippen LogP) is 5.56. The number of allylic oxidation sites excluding steroid dienone is 1. The van der Waals surface area contributed by atoms with Crippen molar-refractivity contribution in [2.45, 2.75) is 58.9 Å². The van der Waals surface area contributed by atoms with Crippen LogP contribution in [0, 0.1) is 13.8 Å². The number of halogens is 1. The van der Waals surface area contributed by atoms with Crippen molar-refractivity contribution in [2.75, 3.05) is 44.6 Å². The highest BCUT2D eigenvalue weighted by Gasteiger charge is 2.28. The number of carbonyl (C=O) groups excluding carboxylic acids is 2. The zero-order chi connectivity index (χ0) is 28.9. The highest BCUT2D eigenvalue weighted by atomic mass is 35.5. The van der Waals surface area contributed by atoms with Gasteiger partial charge in [0.15, 0.2) is 0 Å². The number of pyridine rings is 1.